The maximum atomic E-state index is 12.9. The molecule has 2 heterocycles. The van der Waals surface area contributed by atoms with Gasteiger partial charge >= 0.3 is 0 Å². The van der Waals surface area contributed by atoms with Crippen LogP contribution in [0, 0.1) is 6.92 Å². The van der Waals surface area contributed by atoms with E-state index in [-0.39, 0.29) is 23.2 Å². The Morgan fingerprint density at radius 2 is 1.79 bits per heavy atom. The summed E-state index contributed by atoms with van der Waals surface area (Å²) in [6.45, 7) is 1.93. The molecule has 0 atom stereocenters. The number of aryl methyl sites for hydroxylation is 3. The number of benzene rings is 1. The number of hydrogen-bond acceptors (Lipinski definition) is 3. The summed E-state index contributed by atoms with van der Waals surface area (Å²) in [6.07, 6.45) is 5.76. The van der Waals surface area contributed by atoms with Crippen LogP contribution in [0.2, 0.25) is 0 Å². The largest absolute Gasteiger partial charge is 0.348 e. The summed E-state index contributed by atoms with van der Waals surface area (Å²) in [5, 5.41) is 7.89. The Labute approximate surface area is 164 Å². The van der Waals surface area contributed by atoms with Crippen molar-refractivity contribution in [3.8, 4) is 0 Å². The van der Waals surface area contributed by atoms with Gasteiger partial charge in [-0.1, -0.05) is 30.3 Å². The fraction of sp³-hybridized carbons (Fsp3) is 0.409. The lowest BCUT2D eigenvalue weighted by atomic mass is 9.82. The third-order valence-electron chi connectivity index (χ3n) is 5.89. The molecule has 1 saturated carbocycles. The van der Waals surface area contributed by atoms with E-state index in [0.717, 1.165) is 36.8 Å². The first-order chi connectivity index (χ1) is 13.5. The van der Waals surface area contributed by atoms with Gasteiger partial charge in [0.2, 0.25) is 0 Å². The number of nitrogens with one attached hydrogen (secondary N) is 1. The fourth-order valence-corrected chi connectivity index (χ4v) is 4.47. The van der Waals surface area contributed by atoms with Crippen LogP contribution in [0.5, 0.6) is 0 Å². The zero-order chi connectivity index (χ0) is 19.8. The first kappa shape index (κ1) is 18.5. The standard InChI is InChI=1S/C22H26N4O2/c1-14-13-25(2)22(28)18-19(24-26(3)20(14)18)21(27)23-17-11-9-16(10-12-17)15-7-5-4-6-8-15/h4-8,13,16-17H,9-12H2,1-3H3,(H,23,27)/t16-,17-. The molecule has 1 N–H and O–H groups in total. The van der Waals surface area contributed by atoms with Gasteiger partial charge in [-0.2, -0.15) is 5.10 Å². The zero-order valence-corrected chi connectivity index (χ0v) is 16.6. The minimum atomic E-state index is -0.253. The quantitative estimate of drug-likeness (QED) is 0.762. The van der Waals surface area contributed by atoms with Gasteiger partial charge in [0.05, 0.1) is 10.9 Å². The number of pyridine rings is 1. The number of fused-ring (bicyclic) bond motifs is 1. The van der Waals surface area contributed by atoms with E-state index in [0.29, 0.717) is 11.3 Å². The molecule has 3 aromatic rings. The minimum absolute atomic E-state index is 0.123. The average Bonchev–Trinajstić information content (AvgIpc) is 3.05. The molecule has 0 aliphatic heterocycles. The first-order valence-electron chi connectivity index (χ1n) is 9.84. The van der Waals surface area contributed by atoms with Crippen LogP contribution in [0.1, 0.15) is 53.2 Å². The van der Waals surface area contributed by atoms with E-state index in [1.54, 1.807) is 25.0 Å². The monoisotopic (exact) mass is 378 g/mol. The molecule has 0 spiro atoms. The van der Waals surface area contributed by atoms with Gasteiger partial charge in [-0.3, -0.25) is 14.3 Å². The number of carbonyl (C=O) groups is 1. The molecular weight excluding hydrogens is 352 g/mol. The highest BCUT2D eigenvalue weighted by molar-refractivity contribution is 6.05. The summed E-state index contributed by atoms with van der Waals surface area (Å²) in [5.74, 6) is 0.302. The average molecular weight is 378 g/mol. The van der Waals surface area contributed by atoms with Gasteiger partial charge in [-0.15, -0.1) is 0 Å². The van der Waals surface area contributed by atoms with E-state index in [1.165, 1.54) is 10.1 Å². The third-order valence-corrected chi connectivity index (χ3v) is 5.89. The molecule has 1 fully saturated rings. The molecule has 1 amide bonds. The fourth-order valence-electron chi connectivity index (χ4n) is 4.47. The highest BCUT2D eigenvalue weighted by Gasteiger charge is 2.26. The predicted octanol–water partition coefficient (Wildman–Crippen LogP) is 3.04. The number of hydrogen-bond donors (Lipinski definition) is 1. The Kier molecular flexibility index (Phi) is 4.79. The molecule has 0 radical (unpaired) electrons. The van der Waals surface area contributed by atoms with Gasteiger partial charge in [0, 0.05) is 26.3 Å². The van der Waals surface area contributed by atoms with E-state index in [1.807, 2.05) is 13.0 Å². The highest BCUT2D eigenvalue weighted by atomic mass is 16.2. The van der Waals surface area contributed by atoms with Crippen LogP contribution < -0.4 is 10.9 Å². The molecule has 1 aliphatic rings. The van der Waals surface area contributed by atoms with Crippen molar-refractivity contribution in [1.82, 2.24) is 19.7 Å². The summed E-state index contributed by atoms with van der Waals surface area (Å²) in [5.41, 5.74) is 3.07. The minimum Gasteiger partial charge on any atom is -0.348 e. The molecule has 2 aromatic heterocycles. The van der Waals surface area contributed by atoms with Gasteiger partial charge in [0.25, 0.3) is 11.5 Å². The van der Waals surface area contributed by atoms with Crippen LogP contribution in [0.25, 0.3) is 10.9 Å². The highest BCUT2D eigenvalue weighted by Crippen LogP contribution is 2.32. The van der Waals surface area contributed by atoms with E-state index in [4.69, 9.17) is 0 Å². The Morgan fingerprint density at radius 3 is 2.46 bits per heavy atom. The van der Waals surface area contributed by atoms with E-state index in [2.05, 4.69) is 34.7 Å². The molecule has 1 aromatic carbocycles. The molecule has 1 aliphatic carbocycles. The van der Waals surface area contributed by atoms with E-state index in [9.17, 15) is 9.59 Å². The number of rotatable bonds is 3. The molecule has 28 heavy (non-hydrogen) atoms. The molecule has 0 unspecified atom stereocenters. The van der Waals surface area contributed by atoms with E-state index >= 15 is 0 Å². The van der Waals surface area contributed by atoms with Gasteiger partial charge < -0.3 is 9.88 Å². The van der Waals surface area contributed by atoms with Crippen LogP contribution in [0.4, 0.5) is 0 Å². The van der Waals surface area contributed by atoms with Crippen LogP contribution in [-0.2, 0) is 14.1 Å². The molecule has 146 valence electrons. The topological polar surface area (TPSA) is 68.9 Å². The van der Waals surface area contributed by atoms with Gasteiger partial charge in [-0.05, 0) is 49.7 Å². The SMILES string of the molecule is Cc1cn(C)c(=O)c2c(C(=O)N[C@H]3CC[C@H](c4ccccc4)CC3)nn(C)c12. The molecule has 4 rings (SSSR count). The van der Waals surface area contributed by atoms with Crippen LogP contribution in [0.3, 0.4) is 0 Å². The Morgan fingerprint density at radius 1 is 1.11 bits per heavy atom. The maximum absolute atomic E-state index is 12.9. The van der Waals surface area contributed by atoms with Gasteiger partial charge in [0.15, 0.2) is 5.69 Å². The summed E-state index contributed by atoms with van der Waals surface area (Å²) < 4.78 is 3.15. The molecule has 6 nitrogen and oxygen atoms in total. The lowest BCUT2D eigenvalue weighted by Crippen LogP contribution is -2.38. The smallest absolute Gasteiger partial charge is 0.272 e. The van der Waals surface area contributed by atoms with Crippen LogP contribution >= 0.6 is 0 Å². The number of carbonyl (C=O) groups excluding carboxylic acids is 1. The van der Waals surface area contributed by atoms with Crippen molar-refractivity contribution < 1.29 is 4.79 Å². The summed E-state index contributed by atoms with van der Waals surface area (Å²) in [4.78, 5) is 25.6. The van der Waals surface area contributed by atoms with Crippen molar-refractivity contribution >= 4 is 16.8 Å². The summed E-state index contributed by atoms with van der Waals surface area (Å²) >= 11 is 0. The Hall–Kier alpha value is -2.89. The second-order valence-corrected chi connectivity index (χ2v) is 7.86. The predicted molar refractivity (Wildman–Crippen MR) is 110 cm³/mol. The molecular formula is C22H26N4O2. The lowest BCUT2D eigenvalue weighted by molar-refractivity contribution is 0.0921. The zero-order valence-electron chi connectivity index (χ0n) is 16.6. The van der Waals surface area contributed by atoms with Gasteiger partial charge in [0.1, 0.15) is 0 Å². The second kappa shape index (κ2) is 7.26. The lowest BCUT2D eigenvalue weighted by Gasteiger charge is -2.29. The first-order valence-corrected chi connectivity index (χ1v) is 9.84. The number of aromatic nitrogens is 3. The van der Waals surface area contributed by atoms with Crippen LogP contribution in [-0.4, -0.2) is 26.3 Å². The third kappa shape index (κ3) is 3.23. The molecule has 6 heteroatoms. The van der Waals surface area contributed by atoms with Gasteiger partial charge in [-0.25, -0.2) is 0 Å². The molecule has 0 bridgehead atoms. The van der Waals surface area contributed by atoms with Crippen molar-refractivity contribution in [2.24, 2.45) is 14.1 Å². The maximum Gasteiger partial charge on any atom is 0.272 e. The number of nitrogens with zero attached hydrogens (tertiary/aromatic N) is 3. The Balaban J connectivity index is 1.52. The summed E-state index contributed by atoms with van der Waals surface area (Å²) in [7, 11) is 3.48. The van der Waals surface area contributed by atoms with E-state index < -0.39 is 0 Å². The van der Waals surface area contributed by atoms with Crippen molar-refractivity contribution in [3.05, 3.63) is 63.7 Å². The summed E-state index contributed by atoms with van der Waals surface area (Å²) in [6, 6.07) is 10.7. The second-order valence-electron chi connectivity index (χ2n) is 7.86. The number of amides is 1. The van der Waals surface area contributed by atoms with Crippen LogP contribution in [0.15, 0.2) is 41.3 Å². The normalized spacial score (nSPS) is 19.7. The Bertz CT molecular complexity index is 1070. The van der Waals surface area contributed by atoms with Crippen molar-refractivity contribution in [2.45, 2.75) is 44.6 Å². The molecule has 0 saturated heterocycles. The van der Waals surface area contributed by atoms with Crippen molar-refractivity contribution in [1.29, 1.82) is 0 Å². The van der Waals surface area contributed by atoms with Crippen molar-refractivity contribution in [3.63, 3.8) is 0 Å². The van der Waals surface area contributed by atoms with Crippen molar-refractivity contribution in [2.75, 3.05) is 0 Å².